The number of fused-ring (bicyclic) bond motifs is 1. The maximum absolute atomic E-state index is 13.2. The van der Waals surface area contributed by atoms with E-state index >= 15 is 0 Å². The van der Waals surface area contributed by atoms with E-state index in [1.165, 1.54) is 6.92 Å². The number of aromatic nitrogens is 2. The van der Waals surface area contributed by atoms with Crippen molar-refractivity contribution in [2.45, 2.75) is 43.1 Å². The molecule has 7 nitrogen and oxygen atoms in total. The van der Waals surface area contributed by atoms with Crippen LogP contribution in [0.5, 0.6) is 0 Å². The number of benzene rings is 1. The molecule has 1 atom stereocenters. The van der Waals surface area contributed by atoms with Crippen LogP contribution in [0.15, 0.2) is 32.2 Å². The zero-order valence-electron chi connectivity index (χ0n) is 16.3. The van der Waals surface area contributed by atoms with Gasteiger partial charge in [0.1, 0.15) is 17.0 Å². The Morgan fingerprint density at radius 1 is 1.47 bits per heavy atom. The molecular formula is C20H19BrClN3O4S. The van der Waals surface area contributed by atoms with E-state index in [4.69, 9.17) is 16.1 Å². The van der Waals surface area contributed by atoms with Crippen LogP contribution in [0.4, 0.5) is 5.69 Å². The van der Waals surface area contributed by atoms with E-state index in [-0.39, 0.29) is 28.7 Å². The second kappa shape index (κ2) is 8.12. The Morgan fingerprint density at radius 2 is 2.20 bits per heavy atom. The number of aliphatic hydroxyl groups is 1. The van der Waals surface area contributed by atoms with E-state index in [1.54, 1.807) is 25.1 Å². The average molecular weight is 513 g/mol. The third-order valence-electron chi connectivity index (χ3n) is 4.95. The molecule has 3 aromatic rings. The number of aryl methyl sites for hydroxylation is 1. The first kappa shape index (κ1) is 21.6. The third kappa shape index (κ3) is 4.22. The van der Waals surface area contributed by atoms with Gasteiger partial charge in [0.25, 0.3) is 5.03 Å². The van der Waals surface area contributed by atoms with Crippen LogP contribution >= 0.6 is 27.5 Å². The fourth-order valence-corrected chi connectivity index (χ4v) is 5.08. The highest BCUT2D eigenvalue weighted by Crippen LogP contribution is 2.41. The summed E-state index contributed by atoms with van der Waals surface area (Å²) in [5.41, 5.74) is 0.815. The van der Waals surface area contributed by atoms with Gasteiger partial charge in [0.05, 0.1) is 21.8 Å². The summed E-state index contributed by atoms with van der Waals surface area (Å²) < 4.78 is 19.0. The lowest BCUT2D eigenvalue weighted by Gasteiger charge is -2.20. The second-order valence-electron chi connectivity index (χ2n) is 7.47. The monoisotopic (exact) mass is 511 g/mol. The van der Waals surface area contributed by atoms with Gasteiger partial charge in [-0.2, -0.15) is 4.98 Å². The number of anilines is 1. The maximum Gasteiger partial charge on any atom is 0.258 e. The fourth-order valence-electron chi connectivity index (χ4n) is 3.21. The van der Waals surface area contributed by atoms with E-state index in [9.17, 15) is 14.5 Å². The predicted octanol–water partition coefficient (Wildman–Crippen LogP) is 4.39. The molecule has 2 N–H and O–H groups in total. The molecule has 0 amide bonds. The van der Waals surface area contributed by atoms with Crippen molar-refractivity contribution in [2.75, 3.05) is 11.9 Å². The molecule has 1 aliphatic carbocycles. The number of rotatable bonds is 7. The van der Waals surface area contributed by atoms with E-state index in [0.29, 0.717) is 50.4 Å². The van der Waals surface area contributed by atoms with Crippen molar-refractivity contribution < 1.29 is 19.0 Å². The van der Waals surface area contributed by atoms with E-state index < -0.39 is 16.8 Å². The number of halogens is 2. The van der Waals surface area contributed by atoms with Crippen molar-refractivity contribution in [3.63, 3.8) is 0 Å². The van der Waals surface area contributed by atoms with Gasteiger partial charge in [-0.25, -0.2) is 0 Å². The molecule has 1 aliphatic rings. The van der Waals surface area contributed by atoms with Crippen LogP contribution in [0, 0.1) is 6.92 Å². The van der Waals surface area contributed by atoms with Gasteiger partial charge in [-0.3, -0.25) is 4.79 Å². The molecule has 0 saturated heterocycles. The van der Waals surface area contributed by atoms with Crippen LogP contribution in [0.1, 0.15) is 41.6 Å². The molecule has 2 aromatic heterocycles. The SMILES string of the molecule is CC(=O)c1c([S+]([O-])Cc2cc(C)on2)nc2c(Br)ccc(Cl)c2c1NCC1(O)CC1. The number of nitrogens with zero attached hydrogens (tertiary/aromatic N) is 2. The number of carbonyl (C=O) groups is 1. The van der Waals surface area contributed by atoms with Crippen LogP contribution in [0.25, 0.3) is 10.9 Å². The highest BCUT2D eigenvalue weighted by molar-refractivity contribution is 9.10. The summed E-state index contributed by atoms with van der Waals surface area (Å²) in [7, 11) is 0. The molecule has 2 heterocycles. The van der Waals surface area contributed by atoms with Crippen molar-refractivity contribution >= 4 is 61.1 Å². The van der Waals surface area contributed by atoms with Crippen LogP contribution < -0.4 is 5.32 Å². The number of ketones is 1. The molecule has 0 aliphatic heterocycles. The van der Waals surface area contributed by atoms with E-state index in [1.807, 2.05) is 0 Å². The summed E-state index contributed by atoms with van der Waals surface area (Å²) in [5.74, 6) is 0.359. The standard InChI is InChI=1S/C20H19BrClN3O4S/c1-10-7-12(25-29-10)8-30(28)19-15(11(2)26)18(23-9-20(27)5-6-20)16-14(22)4-3-13(21)17(16)24-19/h3-4,7,27H,5-6,8-9H2,1-2H3,(H,23,24). The average Bonchev–Trinajstić information content (AvgIpc) is 3.29. The van der Waals surface area contributed by atoms with Crippen molar-refractivity contribution in [2.24, 2.45) is 0 Å². The van der Waals surface area contributed by atoms with Gasteiger partial charge >= 0.3 is 0 Å². The molecule has 1 saturated carbocycles. The zero-order chi connectivity index (χ0) is 21.6. The Kier molecular flexibility index (Phi) is 5.84. The van der Waals surface area contributed by atoms with Gasteiger partial charge in [0.2, 0.25) is 0 Å². The van der Waals surface area contributed by atoms with Crippen LogP contribution in [0.3, 0.4) is 0 Å². The quantitative estimate of drug-likeness (QED) is 0.356. The molecule has 10 heteroatoms. The highest BCUT2D eigenvalue weighted by Gasteiger charge is 2.40. The van der Waals surface area contributed by atoms with Gasteiger partial charge < -0.3 is 19.5 Å². The second-order valence-corrected chi connectivity index (χ2v) is 10.1. The number of pyridine rings is 1. The van der Waals surface area contributed by atoms with Gasteiger partial charge in [-0.05, 0) is 54.8 Å². The lowest BCUT2D eigenvalue weighted by molar-refractivity contribution is 0.101. The number of nitrogens with one attached hydrogen (secondary N) is 1. The van der Waals surface area contributed by atoms with Crippen LogP contribution in [-0.4, -0.2) is 37.7 Å². The fraction of sp³-hybridized carbons (Fsp3) is 0.350. The van der Waals surface area contributed by atoms with Gasteiger partial charge in [-0.15, -0.1) is 0 Å². The number of hydrogen-bond acceptors (Lipinski definition) is 7. The van der Waals surface area contributed by atoms with E-state index in [2.05, 4.69) is 31.4 Å². The summed E-state index contributed by atoms with van der Waals surface area (Å²) in [4.78, 5) is 17.2. The molecule has 4 rings (SSSR count). The third-order valence-corrected chi connectivity index (χ3v) is 7.19. The van der Waals surface area contributed by atoms with Gasteiger partial charge in [0.15, 0.2) is 11.5 Å². The molecule has 0 radical (unpaired) electrons. The topological polar surface area (TPSA) is 111 Å². The first-order chi connectivity index (χ1) is 14.2. The Hall–Kier alpha value is -1.65. The number of Topliss-reactive ketones (excluding diaryl/α,β-unsaturated/α-hetero) is 1. The molecule has 1 aromatic carbocycles. The minimum absolute atomic E-state index is 0.0533. The molecule has 1 fully saturated rings. The van der Waals surface area contributed by atoms with Crippen molar-refractivity contribution in [1.29, 1.82) is 0 Å². The molecular weight excluding hydrogens is 494 g/mol. The minimum atomic E-state index is -1.66. The smallest absolute Gasteiger partial charge is 0.258 e. The molecule has 30 heavy (non-hydrogen) atoms. The number of hydrogen-bond donors (Lipinski definition) is 2. The zero-order valence-corrected chi connectivity index (χ0v) is 19.4. The van der Waals surface area contributed by atoms with E-state index in [0.717, 1.165) is 0 Å². The van der Waals surface area contributed by atoms with Gasteiger partial charge in [-0.1, -0.05) is 16.8 Å². The van der Waals surface area contributed by atoms with Crippen LogP contribution in [0.2, 0.25) is 5.02 Å². The van der Waals surface area contributed by atoms with Crippen LogP contribution in [-0.2, 0) is 16.9 Å². The normalized spacial score (nSPS) is 15.9. The summed E-state index contributed by atoms with van der Waals surface area (Å²) in [5, 5.41) is 18.5. The Bertz CT molecular complexity index is 1150. The molecule has 0 spiro atoms. The molecule has 158 valence electrons. The summed E-state index contributed by atoms with van der Waals surface area (Å²) in [6.45, 7) is 3.40. The van der Waals surface area contributed by atoms with Crippen molar-refractivity contribution in [3.05, 3.63) is 44.7 Å². The summed E-state index contributed by atoms with van der Waals surface area (Å²) in [6.07, 6.45) is 1.36. The summed E-state index contributed by atoms with van der Waals surface area (Å²) in [6, 6.07) is 5.14. The number of carbonyl (C=O) groups excluding carboxylic acids is 1. The molecule has 0 bridgehead atoms. The Labute approximate surface area is 189 Å². The largest absolute Gasteiger partial charge is 0.610 e. The minimum Gasteiger partial charge on any atom is -0.610 e. The van der Waals surface area contributed by atoms with Gasteiger partial charge in [0, 0.05) is 33.6 Å². The first-order valence-corrected chi connectivity index (χ1v) is 11.8. The first-order valence-electron chi connectivity index (χ1n) is 9.28. The van der Waals surface area contributed by atoms with Crippen molar-refractivity contribution in [1.82, 2.24) is 10.1 Å². The lowest BCUT2D eigenvalue weighted by Crippen LogP contribution is -2.23. The Morgan fingerprint density at radius 3 is 2.80 bits per heavy atom. The summed E-state index contributed by atoms with van der Waals surface area (Å²) >= 11 is 8.28. The highest BCUT2D eigenvalue weighted by atomic mass is 79.9. The molecule has 1 unspecified atom stereocenters. The Balaban J connectivity index is 1.88. The van der Waals surface area contributed by atoms with Crippen molar-refractivity contribution in [3.8, 4) is 0 Å². The maximum atomic E-state index is 13.2. The lowest BCUT2D eigenvalue weighted by atomic mass is 10.1. The predicted molar refractivity (Wildman–Crippen MR) is 118 cm³/mol.